The first-order valence-electron chi connectivity index (χ1n) is 9.17. The molecule has 2 bridgehead atoms. The van der Waals surface area contributed by atoms with Crippen LogP contribution in [0.25, 0.3) is 0 Å². The summed E-state index contributed by atoms with van der Waals surface area (Å²) >= 11 is 0. The lowest BCUT2D eigenvalue weighted by Crippen LogP contribution is -2.39. The summed E-state index contributed by atoms with van der Waals surface area (Å²) in [6.45, 7) is 0.692. The number of carbonyl (C=O) groups excluding carboxylic acids is 1. The highest BCUT2D eigenvalue weighted by molar-refractivity contribution is 5.93. The number of carbonyl (C=O) groups is 1. The molecular weight excluding hydrogens is 322 g/mol. The van der Waals surface area contributed by atoms with Crippen LogP contribution in [0.5, 0.6) is 0 Å². The first-order chi connectivity index (χ1) is 12.7. The fourth-order valence-electron chi connectivity index (χ4n) is 4.82. The predicted molar refractivity (Wildman–Crippen MR) is 100 cm³/mol. The minimum Gasteiger partial charge on any atom is -0.352 e. The maximum Gasteiger partial charge on any atom is 0.254 e. The lowest BCUT2D eigenvalue weighted by atomic mass is 9.59. The van der Waals surface area contributed by atoms with E-state index < -0.39 is 0 Å². The van der Waals surface area contributed by atoms with E-state index in [1.807, 2.05) is 7.05 Å². The molecule has 1 amide bonds. The second-order valence-corrected chi connectivity index (χ2v) is 7.40. The molecule has 3 aliphatic carbocycles. The second kappa shape index (κ2) is 5.84. The lowest BCUT2D eigenvalue weighted by Gasteiger charge is -2.45. The van der Waals surface area contributed by atoms with Crippen molar-refractivity contribution >= 4 is 5.91 Å². The van der Waals surface area contributed by atoms with E-state index in [2.05, 4.69) is 58.9 Å². The maximum absolute atomic E-state index is 12.4. The zero-order valence-corrected chi connectivity index (χ0v) is 14.7. The first-order valence-corrected chi connectivity index (χ1v) is 9.17. The fraction of sp³-hybridized carbons (Fsp3) is 0.273. The van der Waals surface area contributed by atoms with Crippen LogP contribution in [0.15, 0.2) is 60.9 Å². The van der Waals surface area contributed by atoms with Crippen LogP contribution in [0.4, 0.5) is 0 Å². The third-order valence-corrected chi connectivity index (χ3v) is 5.91. The number of hydrogen-bond donors (Lipinski definition) is 1. The van der Waals surface area contributed by atoms with Crippen molar-refractivity contribution in [2.75, 3.05) is 6.54 Å². The Morgan fingerprint density at radius 1 is 1.08 bits per heavy atom. The molecule has 1 atom stereocenters. The Morgan fingerprint density at radius 3 is 2.27 bits per heavy atom. The van der Waals surface area contributed by atoms with E-state index in [0.29, 0.717) is 29.9 Å². The number of nitrogens with one attached hydrogen (secondary N) is 1. The summed E-state index contributed by atoms with van der Waals surface area (Å²) in [6.07, 6.45) is 4.46. The minimum absolute atomic E-state index is 0.0406. The van der Waals surface area contributed by atoms with Crippen LogP contribution < -0.4 is 5.32 Å². The summed E-state index contributed by atoms with van der Waals surface area (Å²) in [6, 6.07) is 17.6. The van der Waals surface area contributed by atoms with Crippen molar-refractivity contribution < 1.29 is 4.79 Å². The summed E-state index contributed by atoms with van der Waals surface area (Å²) in [5, 5.41) is 7.22. The molecule has 3 aromatic rings. The van der Waals surface area contributed by atoms with Crippen molar-refractivity contribution in [3.05, 3.63) is 88.7 Å². The molecule has 0 saturated carbocycles. The number of amides is 1. The van der Waals surface area contributed by atoms with Crippen LogP contribution in [0.1, 0.15) is 50.9 Å². The molecule has 0 fully saturated rings. The van der Waals surface area contributed by atoms with E-state index >= 15 is 0 Å². The predicted octanol–water partition coefficient (Wildman–Crippen LogP) is 3.45. The summed E-state index contributed by atoms with van der Waals surface area (Å²) in [7, 11) is 1.82. The number of fused-ring (bicyclic) bond motifs is 1. The monoisotopic (exact) mass is 343 g/mol. The highest BCUT2D eigenvalue weighted by Gasteiger charge is 2.42. The van der Waals surface area contributed by atoms with E-state index in [-0.39, 0.29) is 5.91 Å². The zero-order valence-electron chi connectivity index (χ0n) is 14.7. The molecule has 2 aromatic carbocycles. The molecule has 130 valence electrons. The normalized spacial score (nSPS) is 22.6. The molecule has 1 aromatic heterocycles. The van der Waals surface area contributed by atoms with Gasteiger partial charge < -0.3 is 5.32 Å². The van der Waals surface area contributed by atoms with Crippen molar-refractivity contribution in [1.82, 2.24) is 15.1 Å². The van der Waals surface area contributed by atoms with Crippen molar-refractivity contribution in [2.24, 2.45) is 13.0 Å². The molecule has 0 spiro atoms. The average molecular weight is 343 g/mol. The third-order valence-electron chi connectivity index (χ3n) is 5.91. The van der Waals surface area contributed by atoms with Crippen LogP contribution in [-0.2, 0) is 7.05 Å². The number of aryl methyl sites for hydroxylation is 1. The first kappa shape index (κ1) is 15.4. The Hall–Kier alpha value is -2.88. The quantitative estimate of drug-likeness (QED) is 0.792. The van der Waals surface area contributed by atoms with Crippen LogP contribution in [0.2, 0.25) is 0 Å². The Morgan fingerprint density at radius 2 is 1.69 bits per heavy atom. The van der Waals surface area contributed by atoms with Gasteiger partial charge in [-0.25, -0.2) is 0 Å². The Labute approximate surface area is 152 Å². The molecule has 6 rings (SSSR count). The number of nitrogens with zero attached hydrogens (tertiary/aromatic N) is 2. The summed E-state index contributed by atoms with van der Waals surface area (Å²) in [5.41, 5.74) is 6.41. The van der Waals surface area contributed by atoms with Gasteiger partial charge >= 0.3 is 0 Å². The summed E-state index contributed by atoms with van der Waals surface area (Å²) < 4.78 is 1.66. The van der Waals surface area contributed by atoms with Crippen molar-refractivity contribution in [1.29, 1.82) is 0 Å². The molecule has 3 aliphatic rings. The number of hydrogen-bond acceptors (Lipinski definition) is 2. The van der Waals surface area contributed by atoms with Gasteiger partial charge in [0.05, 0.1) is 11.8 Å². The van der Waals surface area contributed by atoms with Crippen molar-refractivity contribution in [3.63, 3.8) is 0 Å². The Kier molecular flexibility index (Phi) is 3.45. The van der Waals surface area contributed by atoms with Gasteiger partial charge in [0, 0.05) is 31.6 Å². The van der Waals surface area contributed by atoms with Gasteiger partial charge in [0.1, 0.15) is 0 Å². The number of rotatable bonds is 3. The largest absolute Gasteiger partial charge is 0.352 e. The molecule has 0 aliphatic heterocycles. The molecule has 0 unspecified atom stereocenters. The van der Waals surface area contributed by atoms with Crippen LogP contribution in [0, 0.1) is 5.92 Å². The van der Waals surface area contributed by atoms with Gasteiger partial charge in [-0.15, -0.1) is 0 Å². The van der Waals surface area contributed by atoms with Gasteiger partial charge in [-0.1, -0.05) is 48.5 Å². The SMILES string of the molecule is Cn1cc(C(=O)NC[C@H]2CC3c4ccccc4C2c2ccccc23)cn1. The van der Waals surface area contributed by atoms with Crippen LogP contribution >= 0.6 is 0 Å². The molecule has 0 radical (unpaired) electrons. The van der Waals surface area contributed by atoms with E-state index in [0.717, 1.165) is 6.42 Å². The average Bonchev–Trinajstić information content (AvgIpc) is 3.13. The van der Waals surface area contributed by atoms with Crippen molar-refractivity contribution in [2.45, 2.75) is 18.3 Å². The van der Waals surface area contributed by atoms with E-state index in [9.17, 15) is 4.79 Å². The van der Waals surface area contributed by atoms with Gasteiger partial charge in [0.25, 0.3) is 5.91 Å². The second-order valence-electron chi connectivity index (χ2n) is 7.40. The fourth-order valence-corrected chi connectivity index (χ4v) is 4.82. The van der Waals surface area contributed by atoms with Crippen LogP contribution in [0.3, 0.4) is 0 Å². The van der Waals surface area contributed by atoms with E-state index in [4.69, 9.17) is 0 Å². The standard InChI is InChI=1S/C22H21N3O/c1-25-13-15(12-24-25)22(26)23-11-14-10-20-16-6-2-4-8-18(16)21(14)19-9-5-3-7-17(19)20/h2-9,12-14,20-21H,10-11H2,1H3,(H,23,26)/t14-,20?,21?/m1/s1. The van der Waals surface area contributed by atoms with E-state index in [1.165, 1.54) is 22.3 Å². The molecule has 0 saturated heterocycles. The molecule has 4 nitrogen and oxygen atoms in total. The van der Waals surface area contributed by atoms with E-state index in [1.54, 1.807) is 17.1 Å². The third kappa shape index (κ3) is 2.29. The van der Waals surface area contributed by atoms with Gasteiger partial charge in [-0.3, -0.25) is 9.48 Å². The van der Waals surface area contributed by atoms with Gasteiger partial charge in [0.2, 0.25) is 0 Å². The maximum atomic E-state index is 12.4. The van der Waals surface area contributed by atoms with Gasteiger partial charge in [0.15, 0.2) is 0 Å². The highest BCUT2D eigenvalue weighted by Crippen LogP contribution is 2.55. The Balaban J connectivity index is 1.44. The highest BCUT2D eigenvalue weighted by atomic mass is 16.1. The zero-order chi connectivity index (χ0) is 17.7. The van der Waals surface area contributed by atoms with Crippen LogP contribution in [-0.4, -0.2) is 22.2 Å². The molecule has 4 heteroatoms. The summed E-state index contributed by atoms with van der Waals surface area (Å²) in [5.74, 6) is 1.18. The Bertz CT molecular complexity index is 943. The molecular formula is C22H21N3O. The smallest absolute Gasteiger partial charge is 0.254 e. The lowest BCUT2D eigenvalue weighted by molar-refractivity contribution is 0.0943. The minimum atomic E-state index is -0.0406. The van der Waals surface area contributed by atoms with Gasteiger partial charge in [-0.05, 0) is 34.6 Å². The molecule has 1 heterocycles. The summed E-state index contributed by atoms with van der Waals surface area (Å²) in [4.78, 5) is 12.4. The molecule has 26 heavy (non-hydrogen) atoms. The molecule has 1 N–H and O–H groups in total. The number of benzene rings is 2. The number of aromatic nitrogens is 2. The topological polar surface area (TPSA) is 46.9 Å². The van der Waals surface area contributed by atoms with Gasteiger partial charge in [-0.2, -0.15) is 5.10 Å². The van der Waals surface area contributed by atoms with Crippen molar-refractivity contribution in [3.8, 4) is 0 Å².